The maximum absolute atomic E-state index is 13.8. The van der Waals surface area contributed by atoms with Crippen LogP contribution in [0.3, 0.4) is 0 Å². The second-order valence-corrected chi connectivity index (χ2v) is 12.9. The summed E-state index contributed by atoms with van der Waals surface area (Å²) < 4.78 is 41.1. The largest absolute Gasteiger partial charge is 0.383 e. The summed E-state index contributed by atoms with van der Waals surface area (Å²) in [7, 11) is -2.71. The van der Waals surface area contributed by atoms with Crippen molar-refractivity contribution in [2.24, 2.45) is 0 Å². The van der Waals surface area contributed by atoms with Gasteiger partial charge in [-0.1, -0.05) is 24.6 Å². The Morgan fingerprint density at radius 2 is 2.05 bits per heavy atom. The lowest BCUT2D eigenvalue weighted by Crippen LogP contribution is -2.55. The minimum absolute atomic E-state index is 0.0316. The SMILES string of the molecule is CCc1c(N2CCOCC2=O)cccc1S(=O)(=O)N[C@@H](CNC(=O)c1ccc(Cl)s1)C(=O)N1CCC[C@H]1COC. The molecule has 2 N–H and O–H groups in total. The van der Waals surface area contributed by atoms with Crippen molar-refractivity contribution in [2.75, 3.05) is 51.5 Å². The number of halogens is 1. The van der Waals surface area contributed by atoms with E-state index in [0.717, 1.165) is 24.2 Å². The van der Waals surface area contributed by atoms with E-state index < -0.39 is 27.9 Å². The van der Waals surface area contributed by atoms with Crippen LogP contribution in [0.1, 0.15) is 35.0 Å². The quantitative estimate of drug-likeness (QED) is 0.397. The van der Waals surface area contributed by atoms with Crippen molar-refractivity contribution in [3.05, 3.63) is 45.1 Å². The van der Waals surface area contributed by atoms with Gasteiger partial charge >= 0.3 is 0 Å². The number of thiophene rings is 1. The summed E-state index contributed by atoms with van der Waals surface area (Å²) in [6, 6.07) is 6.40. The van der Waals surface area contributed by atoms with E-state index in [1.54, 1.807) is 43.2 Å². The van der Waals surface area contributed by atoms with Gasteiger partial charge in [0.2, 0.25) is 15.9 Å². The molecule has 0 aliphatic carbocycles. The molecule has 14 heteroatoms. The summed E-state index contributed by atoms with van der Waals surface area (Å²) in [5, 5.41) is 2.68. The zero-order chi connectivity index (χ0) is 28.9. The molecule has 3 heterocycles. The predicted molar refractivity (Wildman–Crippen MR) is 151 cm³/mol. The lowest BCUT2D eigenvalue weighted by molar-refractivity contribution is -0.134. The standard InChI is InChI=1S/C26H33ClN4O7S2/c1-3-18-20(31-12-13-38-16-24(31)32)7-4-8-22(18)40(35,36)29-19(14-28-25(33)21-9-10-23(27)39-21)26(34)30-11-5-6-17(30)15-37-2/h4,7-10,17,19,29H,3,5-6,11-16H2,1-2H3,(H,28,33)/t17-,19-/m0/s1. The molecule has 0 unspecified atom stereocenters. The van der Waals surface area contributed by atoms with E-state index in [2.05, 4.69) is 10.0 Å². The van der Waals surface area contributed by atoms with E-state index in [1.165, 1.54) is 11.0 Å². The Morgan fingerprint density at radius 3 is 2.73 bits per heavy atom. The number of nitrogens with zero attached hydrogens (tertiary/aromatic N) is 2. The summed E-state index contributed by atoms with van der Waals surface area (Å²) in [4.78, 5) is 42.4. The number of hydrogen-bond acceptors (Lipinski definition) is 8. The van der Waals surface area contributed by atoms with Crippen LogP contribution in [-0.4, -0.2) is 89.7 Å². The number of nitrogens with one attached hydrogen (secondary N) is 2. The Kier molecular flexibility index (Phi) is 10.2. The van der Waals surface area contributed by atoms with Crippen LogP contribution in [0.25, 0.3) is 0 Å². The van der Waals surface area contributed by atoms with Crippen LogP contribution in [0.2, 0.25) is 4.34 Å². The summed E-state index contributed by atoms with van der Waals surface area (Å²) in [6.07, 6.45) is 1.82. The highest BCUT2D eigenvalue weighted by Crippen LogP contribution is 2.29. The molecule has 218 valence electrons. The first-order valence-electron chi connectivity index (χ1n) is 13.0. The molecular weight excluding hydrogens is 580 g/mol. The fourth-order valence-electron chi connectivity index (χ4n) is 5.03. The van der Waals surface area contributed by atoms with Crippen LogP contribution < -0.4 is 14.9 Å². The number of anilines is 1. The number of ether oxygens (including phenoxy) is 2. The molecule has 4 rings (SSSR count). The number of sulfonamides is 1. The maximum atomic E-state index is 13.8. The molecule has 0 bridgehead atoms. The minimum Gasteiger partial charge on any atom is -0.383 e. The van der Waals surface area contributed by atoms with E-state index in [-0.39, 0.29) is 30.0 Å². The third-order valence-electron chi connectivity index (χ3n) is 6.91. The summed E-state index contributed by atoms with van der Waals surface area (Å²) in [5.41, 5.74) is 0.941. The molecular formula is C26H33ClN4O7S2. The van der Waals surface area contributed by atoms with Gasteiger partial charge in [-0.2, -0.15) is 4.72 Å². The molecule has 2 aliphatic heterocycles. The lowest BCUT2D eigenvalue weighted by atomic mass is 10.1. The first-order chi connectivity index (χ1) is 19.2. The topological polar surface area (TPSA) is 134 Å². The van der Waals surface area contributed by atoms with Gasteiger partial charge < -0.3 is 24.6 Å². The highest BCUT2D eigenvalue weighted by molar-refractivity contribution is 7.89. The Morgan fingerprint density at radius 1 is 1.25 bits per heavy atom. The smallest absolute Gasteiger partial charge is 0.261 e. The van der Waals surface area contributed by atoms with Gasteiger partial charge in [-0.15, -0.1) is 11.3 Å². The van der Waals surface area contributed by atoms with Crippen LogP contribution in [0.15, 0.2) is 35.2 Å². The third kappa shape index (κ3) is 6.84. The average Bonchev–Trinajstić information content (AvgIpc) is 3.59. The molecule has 11 nitrogen and oxygen atoms in total. The second kappa shape index (κ2) is 13.4. The second-order valence-electron chi connectivity index (χ2n) is 9.48. The van der Waals surface area contributed by atoms with Gasteiger partial charge in [0.25, 0.3) is 11.8 Å². The van der Waals surface area contributed by atoms with Gasteiger partial charge in [-0.25, -0.2) is 8.42 Å². The van der Waals surface area contributed by atoms with Crippen molar-refractivity contribution in [3.8, 4) is 0 Å². The Labute approximate surface area is 242 Å². The van der Waals surface area contributed by atoms with E-state index in [0.29, 0.717) is 53.2 Å². The van der Waals surface area contributed by atoms with E-state index in [4.69, 9.17) is 21.1 Å². The van der Waals surface area contributed by atoms with Gasteiger partial charge in [-0.05, 0) is 49.1 Å². The lowest BCUT2D eigenvalue weighted by Gasteiger charge is -2.30. The highest BCUT2D eigenvalue weighted by atomic mass is 35.5. The highest BCUT2D eigenvalue weighted by Gasteiger charge is 2.36. The predicted octanol–water partition coefficient (Wildman–Crippen LogP) is 2.04. The number of benzene rings is 1. The first kappa shape index (κ1) is 30.4. The molecule has 0 radical (unpaired) electrons. The first-order valence-corrected chi connectivity index (χ1v) is 15.7. The van der Waals surface area contributed by atoms with Crippen molar-refractivity contribution < 1.29 is 32.3 Å². The molecule has 40 heavy (non-hydrogen) atoms. The van der Waals surface area contributed by atoms with Crippen molar-refractivity contribution in [2.45, 2.75) is 43.2 Å². The molecule has 1 aromatic heterocycles. The number of carbonyl (C=O) groups is 3. The fraction of sp³-hybridized carbons (Fsp3) is 0.500. The molecule has 0 spiro atoms. The molecule has 2 saturated heterocycles. The third-order valence-corrected chi connectivity index (χ3v) is 9.69. The van der Waals surface area contributed by atoms with Gasteiger partial charge in [0, 0.05) is 32.4 Å². The molecule has 1 aromatic carbocycles. The Bertz CT molecular complexity index is 1350. The van der Waals surface area contributed by atoms with E-state index >= 15 is 0 Å². The summed E-state index contributed by atoms with van der Waals surface area (Å²) >= 11 is 7.03. The van der Waals surface area contributed by atoms with Crippen molar-refractivity contribution in [3.63, 3.8) is 0 Å². The number of hydrogen-bond donors (Lipinski definition) is 2. The number of methoxy groups -OCH3 is 1. The van der Waals surface area contributed by atoms with Gasteiger partial charge in [0.05, 0.1) is 33.4 Å². The zero-order valence-electron chi connectivity index (χ0n) is 22.4. The van der Waals surface area contributed by atoms with E-state index in [9.17, 15) is 22.8 Å². The number of amides is 3. The summed E-state index contributed by atoms with van der Waals surface area (Å²) in [6.45, 7) is 2.87. The molecule has 2 atom stereocenters. The van der Waals surface area contributed by atoms with Gasteiger partial charge in [0.1, 0.15) is 12.6 Å². The van der Waals surface area contributed by atoms with E-state index in [1.807, 2.05) is 0 Å². The minimum atomic E-state index is -4.26. The molecule has 2 aromatic rings. The zero-order valence-corrected chi connectivity index (χ0v) is 24.7. The van der Waals surface area contributed by atoms with Crippen LogP contribution in [0, 0.1) is 0 Å². The number of carbonyl (C=O) groups excluding carboxylic acids is 3. The number of morpholine rings is 1. The van der Waals surface area contributed by atoms with Crippen molar-refractivity contribution >= 4 is 56.4 Å². The average molecular weight is 613 g/mol. The normalized spacial score (nSPS) is 18.7. The maximum Gasteiger partial charge on any atom is 0.261 e. The fourth-order valence-corrected chi connectivity index (χ4v) is 7.50. The van der Waals surface area contributed by atoms with Crippen LogP contribution in [0.5, 0.6) is 0 Å². The molecule has 2 fully saturated rings. The Hall–Kier alpha value is -2.55. The summed E-state index contributed by atoms with van der Waals surface area (Å²) in [5.74, 6) is -1.18. The van der Waals surface area contributed by atoms with Crippen molar-refractivity contribution in [1.82, 2.24) is 14.9 Å². The van der Waals surface area contributed by atoms with Gasteiger partial charge in [-0.3, -0.25) is 14.4 Å². The molecule has 3 amide bonds. The van der Waals surface area contributed by atoms with Crippen LogP contribution in [-0.2, 0) is 35.5 Å². The molecule has 0 saturated carbocycles. The number of likely N-dealkylation sites (tertiary alicyclic amines) is 1. The Balaban J connectivity index is 1.63. The number of rotatable bonds is 11. The van der Waals surface area contributed by atoms with Crippen LogP contribution in [0.4, 0.5) is 5.69 Å². The van der Waals surface area contributed by atoms with Gasteiger partial charge in [0.15, 0.2) is 0 Å². The molecule has 2 aliphatic rings. The van der Waals surface area contributed by atoms with Crippen LogP contribution >= 0.6 is 22.9 Å². The monoisotopic (exact) mass is 612 g/mol. The van der Waals surface area contributed by atoms with Crippen molar-refractivity contribution in [1.29, 1.82) is 0 Å².